The molecule has 3 aromatic heterocycles. The van der Waals surface area contributed by atoms with Gasteiger partial charge in [-0.25, -0.2) is 4.39 Å². The topological polar surface area (TPSA) is 84.5 Å². The number of carbonyl (C=O) groups is 2. The third-order valence-corrected chi connectivity index (χ3v) is 6.83. The van der Waals surface area contributed by atoms with E-state index in [9.17, 15) is 14.0 Å². The summed E-state index contributed by atoms with van der Waals surface area (Å²) in [4.78, 5) is 27.0. The van der Waals surface area contributed by atoms with Crippen molar-refractivity contribution in [1.29, 1.82) is 0 Å². The summed E-state index contributed by atoms with van der Waals surface area (Å²) in [6.07, 6.45) is 6.86. The smallest absolute Gasteiger partial charge is 0.254 e. The van der Waals surface area contributed by atoms with Crippen LogP contribution in [-0.4, -0.2) is 11.8 Å². The fourth-order valence-corrected chi connectivity index (χ4v) is 5.40. The van der Waals surface area contributed by atoms with Gasteiger partial charge in [0, 0.05) is 15.8 Å². The first kappa shape index (κ1) is 20.5. The standard InChI is InChI=1S/C24H21FN2O4S/c25-15-7-8-19-18(11-15)14(13-31-19)10-21(28)27-24-22(17-5-1-2-6-20(17)32-24)23(29)26-12-16-4-3-9-30-16/h3-4,7-9,11,13H,1-2,5-6,10,12H2,(H,26,29)(H,27,28). The average Bonchev–Trinajstić information content (AvgIpc) is 3.51. The second-order valence-electron chi connectivity index (χ2n) is 7.80. The van der Waals surface area contributed by atoms with Crippen LogP contribution in [0.15, 0.2) is 51.7 Å². The summed E-state index contributed by atoms with van der Waals surface area (Å²) in [5, 5.41) is 6.94. The van der Waals surface area contributed by atoms with E-state index >= 15 is 0 Å². The van der Waals surface area contributed by atoms with Gasteiger partial charge in [-0.1, -0.05) is 0 Å². The summed E-state index contributed by atoms with van der Waals surface area (Å²) in [7, 11) is 0. The van der Waals surface area contributed by atoms with Gasteiger partial charge < -0.3 is 19.5 Å². The van der Waals surface area contributed by atoms with Gasteiger partial charge in [0.05, 0.1) is 31.1 Å². The van der Waals surface area contributed by atoms with Gasteiger partial charge in [0.25, 0.3) is 5.91 Å². The Kier molecular flexibility index (Phi) is 5.53. The van der Waals surface area contributed by atoms with Crippen molar-refractivity contribution in [3.8, 4) is 0 Å². The zero-order valence-corrected chi connectivity index (χ0v) is 18.0. The zero-order chi connectivity index (χ0) is 22.1. The summed E-state index contributed by atoms with van der Waals surface area (Å²) >= 11 is 1.46. The van der Waals surface area contributed by atoms with Gasteiger partial charge in [0.15, 0.2) is 0 Å². The highest BCUT2D eigenvalue weighted by atomic mass is 32.1. The minimum atomic E-state index is -0.387. The van der Waals surface area contributed by atoms with Crippen molar-refractivity contribution >= 4 is 39.1 Å². The van der Waals surface area contributed by atoms with Crippen LogP contribution in [0.5, 0.6) is 0 Å². The zero-order valence-electron chi connectivity index (χ0n) is 17.2. The number of rotatable bonds is 6. The number of halogens is 1. The number of anilines is 1. The molecule has 2 N–H and O–H groups in total. The maximum Gasteiger partial charge on any atom is 0.254 e. The average molecular weight is 453 g/mol. The van der Waals surface area contributed by atoms with Crippen molar-refractivity contribution < 1.29 is 22.8 Å². The van der Waals surface area contributed by atoms with E-state index in [1.54, 1.807) is 24.5 Å². The van der Waals surface area contributed by atoms with Gasteiger partial charge in [-0.05, 0) is 61.6 Å². The maximum absolute atomic E-state index is 13.6. The van der Waals surface area contributed by atoms with Gasteiger partial charge in [-0.2, -0.15) is 0 Å². The van der Waals surface area contributed by atoms with Crippen molar-refractivity contribution in [2.45, 2.75) is 38.6 Å². The number of hydrogen-bond acceptors (Lipinski definition) is 5. The van der Waals surface area contributed by atoms with Crippen molar-refractivity contribution in [3.63, 3.8) is 0 Å². The molecular formula is C24H21FN2O4S. The van der Waals surface area contributed by atoms with Crippen molar-refractivity contribution in [1.82, 2.24) is 5.32 Å². The van der Waals surface area contributed by atoms with Crippen LogP contribution in [0.4, 0.5) is 9.39 Å². The first-order chi connectivity index (χ1) is 15.6. The summed E-state index contributed by atoms with van der Waals surface area (Å²) in [6, 6.07) is 7.79. The highest BCUT2D eigenvalue weighted by molar-refractivity contribution is 7.17. The number of nitrogens with one attached hydrogen (secondary N) is 2. The molecule has 2 amide bonds. The lowest BCUT2D eigenvalue weighted by Crippen LogP contribution is -2.25. The largest absolute Gasteiger partial charge is 0.467 e. The molecule has 0 bridgehead atoms. The summed E-state index contributed by atoms with van der Waals surface area (Å²) < 4.78 is 24.4. The van der Waals surface area contributed by atoms with Crippen LogP contribution in [0, 0.1) is 5.82 Å². The maximum atomic E-state index is 13.6. The Morgan fingerprint density at radius 3 is 2.84 bits per heavy atom. The lowest BCUT2D eigenvalue weighted by atomic mass is 9.95. The second kappa shape index (κ2) is 8.63. The molecule has 1 aliphatic carbocycles. The molecule has 8 heteroatoms. The molecule has 0 aliphatic heterocycles. The van der Waals surface area contributed by atoms with Gasteiger partial charge in [-0.15, -0.1) is 11.3 Å². The molecule has 0 spiro atoms. The second-order valence-corrected chi connectivity index (χ2v) is 8.91. The number of thiophene rings is 1. The van der Waals surface area contributed by atoms with Gasteiger partial charge in [0.2, 0.25) is 5.91 Å². The number of amides is 2. The molecule has 0 saturated heterocycles. The van der Waals surface area contributed by atoms with Crippen LogP contribution >= 0.6 is 11.3 Å². The molecule has 0 radical (unpaired) electrons. The minimum absolute atomic E-state index is 0.0203. The highest BCUT2D eigenvalue weighted by Gasteiger charge is 2.26. The van der Waals surface area contributed by atoms with E-state index in [4.69, 9.17) is 8.83 Å². The summed E-state index contributed by atoms with van der Waals surface area (Å²) in [5.74, 6) is -0.239. The normalized spacial score (nSPS) is 13.2. The van der Waals surface area contributed by atoms with Gasteiger partial charge in [-0.3, -0.25) is 9.59 Å². The fourth-order valence-electron chi connectivity index (χ4n) is 4.10. The van der Waals surface area contributed by atoms with Crippen LogP contribution in [0.25, 0.3) is 11.0 Å². The molecule has 0 saturated carbocycles. The Morgan fingerprint density at radius 2 is 2.00 bits per heavy atom. The van der Waals surface area contributed by atoms with E-state index in [0.29, 0.717) is 32.9 Å². The number of fused-ring (bicyclic) bond motifs is 2. The van der Waals surface area contributed by atoms with Crippen LogP contribution in [-0.2, 0) is 30.6 Å². The lowest BCUT2D eigenvalue weighted by Gasteiger charge is -2.13. The Balaban J connectivity index is 1.37. The van der Waals surface area contributed by atoms with Crippen LogP contribution in [0.1, 0.15) is 45.0 Å². The Labute approximate surface area is 187 Å². The Hall–Kier alpha value is -3.39. The van der Waals surface area contributed by atoms with E-state index in [1.165, 1.54) is 29.7 Å². The van der Waals surface area contributed by atoms with E-state index in [2.05, 4.69) is 10.6 Å². The van der Waals surface area contributed by atoms with Crippen molar-refractivity contribution in [2.75, 3.05) is 5.32 Å². The molecule has 1 aliphatic rings. The molecule has 0 atom stereocenters. The van der Waals surface area contributed by atoms with Crippen molar-refractivity contribution in [3.05, 3.63) is 76.0 Å². The van der Waals surface area contributed by atoms with Crippen LogP contribution in [0.3, 0.4) is 0 Å². The molecular weight excluding hydrogens is 431 g/mol. The van der Waals surface area contributed by atoms with E-state index in [-0.39, 0.29) is 30.6 Å². The molecule has 164 valence electrons. The number of carbonyl (C=O) groups excluding carboxylic acids is 2. The molecule has 0 unspecified atom stereocenters. The Bertz CT molecular complexity index is 1290. The third-order valence-electron chi connectivity index (χ3n) is 5.62. The van der Waals surface area contributed by atoms with E-state index < -0.39 is 0 Å². The molecule has 1 aromatic carbocycles. The van der Waals surface area contributed by atoms with E-state index in [1.807, 2.05) is 0 Å². The predicted octanol–water partition coefficient (Wildman–Crippen LogP) is 5.22. The number of aryl methyl sites for hydroxylation is 1. The van der Waals surface area contributed by atoms with Crippen LogP contribution in [0.2, 0.25) is 0 Å². The number of furan rings is 2. The SMILES string of the molecule is O=C(Cc1coc2ccc(F)cc12)Nc1sc2c(c1C(=O)NCc1ccco1)CCCC2. The van der Waals surface area contributed by atoms with Crippen molar-refractivity contribution in [2.24, 2.45) is 0 Å². The van der Waals surface area contributed by atoms with E-state index in [0.717, 1.165) is 36.1 Å². The first-order valence-corrected chi connectivity index (χ1v) is 11.3. The predicted molar refractivity (Wildman–Crippen MR) is 119 cm³/mol. The molecule has 5 rings (SSSR count). The molecule has 0 fully saturated rings. The number of hydrogen-bond donors (Lipinski definition) is 2. The monoisotopic (exact) mass is 452 g/mol. The fraction of sp³-hybridized carbons (Fsp3) is 0.250. The summed E-state index contributed by atoms with van der Waals surface area (Å²) in [6.45, 7) is 0.274. The van der Waals surface area contributed by atoms with Gasteiger partial charge >= 0.3 is 0 Å². The van der Waals surface area contributed by atoms with Gasteiger partial charge in [0.1, 0.15) is 22.2 Å². The molecule has 4 aromatic rings. The van der Waals surface area contributed by atoms with Crippen LogP contribution < -0.4 is 10.6 Å². The lowest BCUT2D eigenvalue weighted by molar-refractivity contribution is -0.115. The highest BCUT2D eigenvalue weighted by Crippen LogP contribution is 2.38. The minimum Gasteiger partial charge on any atom is -0.467 e. The third kappa shape index (κ3) is 4.05. The quantitative estimate of drug-likeness (QED) is 0.420. The Morgan fingerprint density at radius 1 is 1.12 bits per heavy atom. The summed E-state index contributed by atoms with van der Waals surface area (Å²) in [5.41, 5.74) is 2.68. The first-order valence-electron chi connectivity index (χ1n) is 10.5. The number of benzene rings is 1. The molecule has 6 nitrogen and oxygen atoms in total. The molecule has 32 heavy (non-hydrogen) atoms. The molecule has 3 heterocycles.